The fourth-order valence-corrected chi connectivity index (χ4v) is 2.01. The van der Waals surface area contributed by atoms with Gasteiger partial charge in [-0.15, -0.1) is 0 Å². The zero-order valence-electron chi connectivity index (χ0n) is 9.50. The van der Waals surface area contributed by atoms with Gasteiger partial charge in [-0.25, -0.2) is 0 Å². The standard InChI is InChI=1S/C12H14BrNO3/c1-17-8-2-3-10(13)9(6-8)11(16)14-12(7-15)4-5-12/h2-3,6,15H,4-5,7H2,1H3,(H,14,16). The maximum absolute atomic E-state index is 12.0. The summed E-state index contributed by atoms with van der Waals surface area (Å²) in [6.45, 7) is -0.0136. The van der Waals surface area contributed by atoms with Gasteiger partial charge in [0.05, 0.1) is 24.8 Å². The molecule has 0 atom stereocenters. The Bertz CT molecular complexity index is 443. The monoisotopic (exact) mass is 299 g/mol. The van der Waals surface area contributed by atoms with Crippen LogP contribution in [0.2, 0.25) is 0 Å². The van der Waals surface area contributed by atoms with Crippen LogP contribution in [-0.4, -0.2) is 30.3 Å². The summed E-state index contributed by atoms with van der Waals surface area (Å²) in [4.78, 5) is 12.0. The molecule has 1 aromatic rings. The lowest BCUT2D eigenvalue weighted by Crippen LogP contribution is -2.39. The number of methoxy groups -OCH3 is 1. The molecule has 2 rings (SSSR count). The van der Waals surface area contributed by atoms with Gasteiger partial charge in [0.2, 0.25) is 0 Å². The van der Waals surface area contributed by atoms with E-state index >= 15 is 0 Å². The number of carbonyl (C=O) groups is 1. The SMILES string of the molecule is COc1ccc(Br)c(C(=O)NC2(CO)CC2)c1. The van der Waals surface area contributed by atoms with Gasteiger partial charge in [-0.2, -0.15) is 0 Å². The largest absolute Gasteiger partial charge is 0.497 e. The topological polar surface area (TPSA) is 58.6 Å². The quantitative estimate of drug-likeness (QED) is 0.890. The van der Waals surface area contributed by atoms with E-state index in [0.717, 1.165) is 12.8 Å². The molecule has 0 heterocycles. The zero-order valence-corrected chi connectivity index (χ0v) is 11.1. The number of nitrogens with one attached hydrogen (secondary N) is 1. The molecule has 0 spiro atoms. The van der Waals surface area contributed by atoms with E-state index in [4.69, 9.17) is 4.74 Å². The third kappa shape index (κ3) is 2.61. The minimum atomic E-state index is -0.403. The van der Waals surface area contributed by atoms with Crippen LogP contribution in [-0.2, 0) is 0 Å². The molecule has 5 heteroatoms. The van der Waals surface area contributed by atoms with Crippen molar-refractivity contribution in [1.29, 1.82) is 0 Å². The summed E-state index contributed by atoms with van der Waals surface area (Å²) in [5.41, 5.74) is 0.114. The summed E-state index contributed by atoms with van der Waals surface area (Å²) in [6, 6.07) is 5.22. The van der Waals surface area contributed by atoms with Crippen molar-refractivity contribution in [3.8, 4) is 5.75 Å². The van der Waals surface area contributed by atoms with Crippen LogP contribution in [0.25, 0.3) is 0 Å². The molecule has 0 bridgehead atoms. The highest BCUT2D eigenvalue weighted by Crippen LogP contribution is 2.35. The predicted molar refractivity (Wildman–Crippen MR) is 67.2 cm³/mol. The fourth-order valence-electron chi connectivity index (χ4n) is 1.59. The maximum atomic E-state index is 12.0. The van der Waals surface area contributed by atoms with E-state index in [1.165, 1.54) is 0 Å². The van der Waals surface area contributed by atoms with Crippen molar-refractivity contribution in [2.45, 2.75) is 18.4 Å². The van der Waals surface area contributed by atoms with Crippen LogP contribution >= 0.6 is 15.9 Å². The van der Waals surface area contributed by atoms with Gasteiger partial charge in [0, 0.05) is 4.47 Å². The van der Waals surface area contributed by atoms with Crippen LogP contribution in [0.1, 0.15) is 23.2 Å². The van der Waals surface area contributed by atoms with E-state index < -0.39 is 5.54 Å². The lowest BCUT2D eigenvalue weighted by molar-refractivity contribution is 0.0905. The van der Waals surface area contributed by atoms with E-state index in [2.05, 4.69) is 21.2 Å². The van der Waals surface area contributed by atoms with Gasteiger partial charge < -0.3 is 15.2 Å². The molecule has 1 aliphatic carbocycles. The number of benzene rings is 1. The molecule has 0 radical (unpaired) electrons. The molecule has 92 valence electrons. The molecular weight excluding hydrogens is 286 g/mol. The summed E-state index contributed by atoms with van der Waals surface area (Å²) in [5.74, 6) is 0.439. The Morgan fingerprint density at radius 2 is 2.29 bits per heavy atom. The first kappa shape index (κ1) is 12.4. The second-order valence-electron chi connectivity index (χ2n) is 4.24. The Kier molecular flexibility index (Phi) is 3.40. The van der Waals surface area contributed by atoms with Crippen molar-refractivity contribution < 1.29 is 14.6 Å². The summed E-state index contributed by atoms with van der Waals surface area (Å²) >= 11 is 3.33. The molecule has 0 aromatic heterocycles. The van der Waals surface area contributed by atoms with E-state index in [1.54, 1.807) is 25.3 Å². The summed E-state index contributed by atoms with van der Waals surface area (Å²) < 4.78 is 5.79. The molecule has 0 unspecified atom stereocenters. The third-order valence-electron chi connectivity index (χ3n) is 2.95. The van der Waals surface area contributed by atoms with Gasteiger partial charge in [-0.05, 0) is 47.0 Å². The van der Waals surface area contributed by atoms with Gasteiger partial charge in [-0.1, -0.05) is 0 Å². The molecule has 1 fully saturated rings. The van der Waals surface area contributed by atoms with Gasteiger partial charge in [0.15, 0.2) is 0 Å². The molecule has 1 saturated carbocycles. The Morgan fingerprint density at radius 1 is 1.59 bits per heavy atom. The molecule has 1 amide bonds. The van der Waals surface area contributed by atoms with E-state index in [1.807, 2.05) is 0 Å². The van der Waals surface area contributed by atoms with Crippen LogP contribution < -0.4 is 10.1 Å². The molecule has 2 N–H and O–H groups in total. The highest BCUT2D eigenvalue weighted by atomic mass is 79.9. The normalized spacial score (nSPS) is 16.4. The summed E-state index contributed by atoms with van der Waals surface area (Å²) in [5, 5.41) is 12.0. The molecule has 4 nitrogen and oxygen atoms in total. The molecule has 1 aromatic carbocycles. The van der Waals surface area contributed by atoms with Gasteiger partial charge >= 0.3 is 0 Å². The maximum Gasteiger partial charge on any atom is 0.253 e. The smallest absolute Gasteiger partial charge is 0.253 e. The minimum Gasteiger partial charge on any atom is -0.497 e. The van der Waals surface area contributed by atoms with Crippen molar-refractivity contribution in [2.75, 3.05) is 13.7 Å². The van der Waals surface area contributed by atoms with E-state index in [9.17, 15) is 9.90 Å². The first-order valence-electron chi connectivity index (χ1n) is 5.37. The molecule has 0 aliphatic heterocycles. The number of halogens is 1. The number of hydrogen-bond acceptors (Lipinski definition) is 3. The van der Waals surface area contributed by atoms with Gasteiger partial charge in [-0.3, -0.25) is 4.79 Å². The van der Waals surface area contributed by atoms with Crippen LogP contribution in [0.3, 0.4) is 0 Å². The van der Waals surface area contributed by atoms with Crippen LogP contribution in [0.15, 0.2) is 22.7 Å². The van der Waals surface area contributed by atoms with E-state index in [-0.39, 0.29) is 12.5 Å². The Morgan fingerprint density at radius 3 is 2.82 bits per heavy atom. The molecule has 1 aliphatic rings. The molecular formula is C12H14BrNO3. The first-order valence-corrected chi connectivity index (χ1v) is 6.16. The van der Waals surface area contributed by atoms with Crippen LogP contribution in [0, 0.1) is 0 Å². The Labute approximate surface area is 108 Å². The lowest BCUT2D eigenvalue weighted by atomic mass is 10.1. The van der Waals surface area contributed by atoms with Gasteiger partial charge in [0.25, 0.3) is 5.91 Å². The Balaban J connectivity index is 2.18. The highest BCUT2D eigenvalue weighted by molar-refractivity contribution is 9.10. The third-order valence-corrected chi connectivity index (χ3v) is 3.64. The highest BCUT2D eigenvalue weighted by Gasteiger charge is 2.43. The van der Waals surface area contributed by atoms with Crippen LogP contribution in [0.5, 0.6) is 5.75 Å². The Hall–Kier alpha value is -1.07. The van der Waals surface area contributed by atoms with Gasteiger partial charge in [0.1, 0.15) is 5.75 Å². The number of aliphatic hydroxyl groups excluding tert-OH is 1. The molecule has 0 saturated heterocycles. The first-order chi connectivity index (χ1) is 8.10. The van der Waals surface area contributed by atoms with Crippen molar-refractivity contribution >= 4 is 21.8 Å². The number of carbonyl (C=O) groups excluding carboxylic acids is 1. The number of hydrogen-bond donors (Lipinski definition) is 2. The number of rotatable bonds is 4. The minimum absolute atomic E-state index is 0.0136. The summed E-state index contributed by atoms with van der Waals surface area (Å²) in [6.07, 6.45) is 1.66. The van der Waals surface area contributed by atoms with Crippen molar-refractivity contribution in [3.05, 3.63) is 28.2 Å². The predicted octanol–water partition coefficient (Wildman–Crippen LogP) is 1.71. The molecule has 17 heavy (non-hydrogen) atoms. The van der Waals surface area contributed by atoms with E-state index in [0.29, 0.717) is 15.8 Å². The zero-order chi connectivity index (χ0) is 12.5. The number of aliphatic hydroxyl groups is 1. The van der Waals surface area contributed by atoms with Crippen molar-refractivity contribution in [2.24, 2.45) is 0 Å². The van der Waals surface area contributed by atoms with Crippen LogP contribution in [0.4, 0.5) is 0 Å². The fraction of sp³-hybridized carbons (Fsp3) is 0.417. The van der Waals surface area contributed by atoms with Crippen molar-refractivity contribution in [1.82, 2.24) is 5.32 Å². The van der Waals surface area contributed by atoms with Crippen molar-refractivity contribution in [3.63, 3.8) is 0 Å². The number of amides is 1. The summed E-state index contributed by atoms with van der Waals surface area (Å²) in [7, 11) is 1.56. The number of ether oxygens (including phenoxy) is 1. The second kappa shape index (κ2) is 4.66. The average Bonchev–Trinajstić information content (AvgIpc) is 3.10. The second-order valence-corrected chi connectivity index (χ2v) is 5.09. The lowest BCUT2D eigenvalue weighted by Gasteiger charge is -2.15. The average molecular weight is 300 g/mol.